The summed E-state index contributed by atoms with van der Waals surface area (Å²) < 4.78 is 0. The predicted molar refractivity (Wildman–Crippen MR) is 64.8 cm³/mol. The van der Waals surface area contributed by atoms with E-state index in [0.29, 0.717) is 25.0 Å². The molecule has 0 spiro atoms. The van der Waals surface area contributed by atoms with Crippen LogP contribution in [0.1, 0.15) is 58.8 Å². The van der Waals surface area contributed by atoms with Gasteiger partial charge >= 0.3 is 0 Å². The van der Waals surface area contributed by atoms with Gasteiger partial charge in [0.25, 0.3) is 0 Å². The Morgan fingerprint density at radius 3 is 1.80 bits per heavy atom. The molecule has 0 aromatic carbocycles. The van der Waals surface area contributed by atoms with Crippen LogP contribution in [0.2, 0.25) is 0 Å². The highest BCUT2D eigenvalue weighted by atomic mass is 16.3. The fourth-order valence-corrected chi connectivity index (χ4v) is 1.86. The lowest BCUT2D eigenvalue weighted by molar-refractivity contribution is 0.178. The molecule has 0 saturated carbocycles. The Morgan fingerprint density at radius 2 is 1.33 bits per heavy atom. The highest BCUT2D eigenvalue weighted by Crippen LogP contribution is 2.18. The van der Waals surface area contributed by atoms with Crippen molar-refractivity contribution in [3.8, 4) is 0 Å². The summed E-state index contributed by atoms with van der Waals surface area (Å²) in [5.74, 6) is 1.09. The molecule has 0 aromatic heterocycles. The van der Waals surface area contributed by atoms with Crippen molar-refractivity contribution in [2.24, 2.45) is 11.8 Å². The number of hydrogen-bond donors (Lipinski definition) is 2. The van der Waals surface area contributed by atoms with Gasteiger partial charge in [0.2, 0.25) is 0 Å². The number of hydrogen-bond acceptors (Lipinski definition) is 2. The quantitative estimate of drug-likeness (QED) is 0.551. The summed E-state index contributed by atoms with van der Waals surface area (Å²) in [7, 11) is 0. The summed E-state index contributed by atoms with van der Waals surface area (Å²) in [5, 5.41) is 17.7. The van der Waals surface area contributed by atoms with Gasteiger partial charge in [0.15, 0.2) is 0 Å². The maximum atomic E-state index is 9.14. The van der Waals surface area contributed by atoms with Gasteiger partial charge in [0.05, 0.1) is 0 Å². The molecule has 1 unspecified atom stereocenters. The molecule has 0 amide bonds. The second kappa shape index (κ2) is 10.4. The third-order valence-electron chi connectivity index (χ3n) is 3.16. The smallest absolute Gasteiger partial charge is 0.0461 e. The minimum Gasteiger partial charge on any atom is -0.396 e. The summed E-state index contributed by atoms with van der Waals surface area (Å²) in [6.07, 6.45) is 8.29. The van der Waals surface area contributed by atoms with Gasteiger partial charge in [-0.25, -0.2) is 0 Å². The molecule has 0 radical (unpaired) electrons. The van der Waals surface area contributed by atoms with Crippen molar-refractivity contribution < 1.29 is 10.2 Å². The van der Waals surface area contributed by atoms with Gasteiger partial charge in [-0.3, -0.25) is 0 Å². The van der Waals surface area contributed by atoms with Crippen LogP contribution in [0.4, 0.5) is 0 Å². The van der Waals surface area contributed by atoms with E-state index >= 15 is 0 Å². The second-order valence-corrected chi connectivity index (χ2v) is 4.82. The van der Waals surface area contributed by atoms with Crippen LogP contribution in [0.25, 0.3) is 0 Å². The Bertz CT molecular complexity index is 124. The van der Waals surface area contributed by atoms with E-state index in [4.69, 9.17) is 10.2 Å². The van der Waals surface area contributed by atoms with Crippen LogP contribution >= 0.6 is 0 Å². The van der Waals surface area contributed by atoms with Gasteiger partial charge < -0.3 is 10.2 Å². The Labute approximate surface area is 94.7 Å². The average Bonchev–Trinajstić information content (AvgIpc) is 2.21. The molecule has 0 aliphatic carbocycles. The fourth-order valence-electron chi connectivity index (χ4n) is 1.86. The highest BCUT2D eigenvalue weighted by Gasteiger charge is 2.10. The topological polar surface area (TPSA) is 40.5 Å². The van der Waals surface area contributed by atoms with Gasteiger partial charge in [0.1, 0.15) is 0 Å². The largest absolute Gasteiger partial charge is 0.396 e. The Balaban J connectivity index is 3.22. The van der Waals surface area contributed by atoms with Crippen molar-refractivity contribution in [3.63, 3.8) is 0 Å². The molecular weight excluding hydrogens is 188 g/mol. The molecule has 2 N–H and O–H groups in total. The average molecular weight is 216 g/mol. The summed E-state index contributed by atoms with van der Waals surface area (Å²) in [4.78, 5) is 0. The Hall–Kier alpha value is -0.0800. The van der Waals surface area contributed by atoms with E-state index < -0.39 is 0 Å². The van der Waals surface area contributed by atoms with Crippen molar-refractivity contribution >= 4 is 0 Å². The minimum atomic E-state index is 0.333. The summed E-state index contributed by atoms with van der Waals surface area (Å²) in [6, 6.07) is 0. The third-order valence-corrected chi connectivity index (χ3v) is 3.16. The third kappa shape index (κ3) is 8.88. The predicted octanol–water partition coefficient (Wildman–Crippen LogP) is 2.97. The van der Waals surface area contributed by atoms with E-state index in [1.165, 1.54) is 25.7 Å². The normalized spacial score (nSPS) is 13.4. The van der Waals surface area contributed by atoms with E-state index in [9.17, 15) is 0 Å². The lowest BCUT2D eigenvalue weighted by Crippen LogP contribution is -2.13. The summed E-state index contributed by atoms with van der Waals surface area (Å²) in [6.45, 7) is 5.03. The molecule has 0 heterocycles. The first-order valence-electron chi connectivity index (χ1n) is 6.44. The maximum absolute atomic E-state index is 9.14. The first-order chi connectivity index (χ1) is 7.22. The zero-order valence-electron chi connectivity index (χ0n) is 10.4. The first-order valence-corrected chi connectivity index (χ1v) is 6.44. The molecule has 2 heteroatoms. The van der Waals surface area contributed by atoms with Gasteiger partial charge in [-0.1, -0.05) is 46.0 Å². The van der Waals surface area contributed by atoms with Crippen molar-refractivity contribution in [1.29, 1.82) is 0 Å². The highest BCUT2D eigenvalue weighted by molar-refractivity contribution is 4.61. The maximum Gasteiger partial charge on any atom is 0.0461 e. The van der Waals surface area contributed by atoms with Crippen LogP contribution < -0.4 is 0 Å². The fraction of sp³-hybridized carbons (Fsp3) is 1.00. The number of rotatable bonds is 10. The van der Waals surface area contributed by atoms with Crippen molar-refractivity contribution in [1.82, 2.24) is 0 Å². The van der Waals surface area contributed by atoms with Gasteiger partial charge in [-0.2, -0.15) is 0 Å². The lowest BCUT2D eigenvalue weighted by Gasteiger charge is -2.17. The molecule has 2 nitrogen and oxygen atoms in total. The molecule has 92 valence electrons. The Morgan fingerprint density at radius 1 is 0.800 bits per heavy atom. The molecule has 0 aromatic rings. The van der Waals surface area contributed by atoms with Crippen molar-refractivity contribution in [3.05, 3.63) is 0 Å². The van der Waals surface area contributed by atoms with Crippen molar-refractivity contribution in [2.45, 2.75) is 58.8 Å². The molecule has 0 saturated heterocycles. The molecule has 0 fully saturated rings. The zero-order valence-corrected chi connectivity index (χ0v) is 10.4. The molecular formula is C13H28O2. The summed E-state index contributed by atoms with van der Waals surface area (Å²) >= 11 is 0. The molecule has 0 bridgehead atoms. The van der Waals surface area contributed by atoms with Crippen LogP contribution in [-0.2, 0) is 0 Å². The zero-order chi connectivity index (χ0) is 11.5. The Kier molecular flexibility index (Phi) is 10.4. The number of aliphatic hydroxyl groups excluding tert-OH is 2. The van der Waals surface area contributed by atoms with E-state index in [2.05, 4.69) is 13.8 Å². The minimum absolute atomic E-state index is 0.333. The van der Waals surface area contributed by atoms with E-state index in [1.807, 2.05) is 0 Å². The van der Waals surface area contributed by atoms with Crippen LogP contribution in [0, 0.1) is 11.8 Å². The second-order valence-electron chi connectivity index (χ2n) is 4.82. The number of unbranched alkanes of at least 4 members (excludes halogenated alkanes) is 5. The van der Waals surface area contributed by atoms with Crippen LogP contribution in [0.3, 0.4) is 0 Å². The van der Waals surface area contributed by atoms with Crippen molar-refractivity contribution in [2.75, 3.05) is 13.2 Å². The first kappa shape index (κ1) is 14.9. The monoisotopic (exact) mass is 216 g/mol. The SMILES string of the molecule is CC(C)C(CO)CCCCCCCCO. The van der Waals surface area contributed by atoms with Crippen LogP contribution in [0.15, 0.2) is 0 Å². The standard InChI is InChI=1S/C13H28O2/c1-12(2)13(11-15)9-7-5-3-4-6-8-10-14/h12-15H,3-11H2,1-2H3. The molecule has 0 rings (SSSR count). The summed E-state index contributed by atoms with van der Waals surface area (Å²) in [5.41, 5.74) is 0. The van der Waals surface area contributed by atoms with Gasteiger partial charge in [-0.05, 0) is 24.7 Å². The van der Waals surface area contributed by atoms with E-state index in [1.54, 1.807) is 0 Å². The molecule has 0 aliphatic heterocycles. The van der Waals surface area contributed by atoms with E-state index in [-0.39, 0.29) is 0 Å². The molecule has 1 atom stereocenters. The van der Waals surface area contributed by atoms with Gasteiger partial charge in [-0.15, -0.1) is 0 Å². The van der Waals surface area contributed by atoms with Gasteiger partial charge in [0, 0.05) is 13.2 Å². The molecule has 0 aliphatic rings. The van der Waals surface area contributed by atoms with Crippen LogP contribution in [0.5, 0.6) is 0 Å². The van der Waals surface area contributed by atoms with Crippen LogP contribution in [-0.4, -0.2) is 23.4 Å². The molecule has 15 heavy (non-hydrogen) atoms. The number of aliphatic hydroxyl groups is 2. The lowest BCUT2D eigenvalue weighted by atomic mass is 9.91. The van der Waals surface area contributed by atoms with E-state index in [0.717, 1.165) is 19.3 Å².